The summed E-state index contributed by atoms with van der Waals surface area (Å²) in [5, 5.41) is 4.18. The number of thiophene rings is 1. The molecule has 0 aliphatic rings. The summed E-state index contributed by atoms with van der Waals surface area (Å²) in [5.74, 6) is -0.193. The third-order valence-electron chi connectivity index (χ3n) is 5.50. The number of hydrogen-bond donors (Lipinski definition) is 0. The maximum absolute atomic E-state index is 11.7. The molecule has 0 saturated heterocycles. The van der Waals surface area contributed by atoms with Crippen LogP contribution in [0.2, 0.25) is 0 Å². The van der Waals surface area contributed by atoms with Crippen LogP contribution in [0.4, 0.5) is 0 Å². The Morgan fingerprint density at radius 3 is 1.57 bits per heavy atom. The molecule has 0 aliphatic heterocycles. The van der Waals surface area contributed by atoms with Crippen LogP contribution in [0.3, 0.4) is 0 Å². The summed E-state index contributed by atoms with van der Waals surface area (Å²) in [6.07, 6.45) is 1.29. The second kappa shape index (κ2) is 9.38. The quantitative estimate of drug-likeness (QED) is 0.313. The van der Waals surface area contributed by atoms with Crippen LogP contribution in [0, 0.1) is 0 Å². The van der Waals surface area contributed by atoms with Crippen molar-refractivity contribution in [3.8, 4) is 0 Å². The predicted molar refractivity (Wildman–Crippen MR) is 130 cm³/mol. The van der Waals surface area contributed by atoms with Crippen molar-refractivity contribution < 1.29 is 9.53 Å². The van der Waals surface area contributed by atoms with Gasteiger partial charge in [-0.05, 0) is 0 Å². The van der Waals surface area contributed by atoms with Gasteiger partial charge in [0.1, 0.15) is 0 Å². The van der Waals surface area contributed by atoms with E-state index in [4.69, 9.17) is 4.74 Å². The summed E-state index contributed by atoms with van der Waals surface area (Å²) >= 11 is 1.72. The van der Waals surface area contributed by atoms with Crippen molar-refractivity contribution in [3.05, 3.63) is 113 Å². The maximum atomic E-state index is 11.7. The normalized spacial score (nSPS) is 11.8. The van der Waals surface area contributed by atoms with Gasteiger partial charge in [0.15, 0.2) is 0 Å². The zero-order valence-corrected chi connectivity index (χ0v) is 18.8. The molecule has 0 N–H and O–H groups in total. The molecule has 0 fully saturated rings. The summed E-state index contributed by atoms with van der Waals surface area (Å²) < 4.78 is 4.85. The van der Waals surface area contributed by atoms with Crippen LogP contribution in [0.15, 0.2) is 103 Å². The molecule has 0 atom stereocenters. The van der Waals surface area contributed by atoms with Gasteiger partial charge in [-0.25, -0.2) is 0 Å². The van der Waals surface area contributed by atoms with Crippen LogP contribution in [-0.2, 0) is 22.1 Å². The Balaban J connectivity index is 1.86. The minimum absolute atomic E-state index is 0.193. The van der Waals surface area contributed by atoms with Gasteiger partial charge in [0, 0.05) is 0 Å². The molecule has 4 aromatic rings. The van der Waals surface area contributed by atoms with Crippen LogP contribution in [0.5, 0.6) is 0 Å². The first-order valence-corrected chi connectivity index (χ1v) is 13.1. The van der Waals surface area contributed by atoms with Gasteiger partial charge in [-0.2, -0.15) is 0 Å². The molecule has 0 radical (unpaired) electrons. The molecule has 0 aliphatic carbocycles. The van der Waals surface area contributed by atoms with Gasteiger partial charge in [0.25, 0.3) is 0 Å². The van der Waals surface area contributed by atoms with Crippen molar-refractivity contribution >= 4 is 40.5 Å². The molecule has 4 rings (SSSR count). The summed E-state index contributed by atoms with van der Waals surface area (Å²) in [6, 6.07) is 37.0. The van der Waals surface area contributed by atoms with Crippen molar-refractivity contribution in [2.24, 2.45) is 0 Å². The van der Waals surface area contributed by atoms with E-state index < -0.39 is 7.26 Å². The third kappa shape index (κ3) is 4.23. The van der Waals surface area contributed by atoms with E-state index in [1.807, 2.05) is 0 Å². The number of ether oxygens (including phenoxy) is 1. The van der Waals surface area contributed by atoms with E-state index in [0.717, 1.165) is 11.0 Å². The molecular formula is C26H25O2PS. The van der Waals surface area contributed by atoms with Gasteiger partial charge in [0.2, 0.25) is 0 Å². The summed E-state index contributed by atoms with van der Waals surface area (Å²) in [5.41, 5.74) is 0. The molecule has 3 aromatic carbocycles. The fraction of sp³-hybridized carbons (Fsp3) is 0.115. The fourth-order valence-corrected chi connectivity index (χ4v) is 10.3. The van der Waals surface area contributed by atoms with Crippen molar-refractivity contribution in [1.29, 1.82) is 0 Å². The minimum atomic E-state index is -2.31. The Morgan fingerprint density at radius 1 is 0.700 bits per heavy atom. The molecule has 0 unspecified atom stereocenters. The van der Waals surface area contributed by atoms with Gasteiger partial charge in [-0.3, -0.25) is 0 Å². The van der Waals surface area contributed by atoms with Crippen LogP contribution >= 0.6 is 18.6 Å². The number of rotatable bonds is 7. The van der Waals surface area contributed by atoms with E-state index in [0.29, 0.717) is 6.42 Å². The van der Waals surface area contributed by atoms with Crippen molar-refractivity contribution in [1.82, 2.24) is 0 Å². The first kappa shape index (κ1) is 20.5. The molecule has 152 valence electrons. The van der Waals surface area contributed by atoms with Gasteiger partial charge >= 0.3 is 183 Å². The van der Waals surface area contributed by atoms with Crippen LogP contribution in [0.25, 0.3) is 0 Å². The van der Waals surface area contributed by atoms with E-state index >= 15 is 0 Å². The van der Waals surface area contributed by atoms with E-state index in [9.17, 15) is 4.79 Å². The van der Waals surface area contributed by atoms with E-state index in [-0.39, 0.29) is 5.97 Å². The van der Waals surface area contributed by atoms with Gasteiger partial charge < -0.3 is 0 Å². The first-order valence-electron chi connectivity index (χ1n) is 10.0. The molecule has 1 aromatic heterocycles. The molecule has 30 heavy (non-hydrogen) atoms. The Kier molecular flexibility index (Phi) is 6.42. The monoisotopic (exact) mass is 432 g/mol. The average molecular weight is 433 g/mol. The average Bonchev–Trinajstić information content (AvgIpc) is 3.25. The number of hydrogen-bond acceptors (Lipinski definition) is 3. The van der Waals surface area contributed by atoms with Crippen LogP contribution in [-0.4, -0.2) is 13.1 Å². The van der Waals surface area contributed by atoms with Crippen LogP contribution in [0.1, 0.15) is 9.75 Å². The number of esters is 1. The molecule has 0 amide bonds. The Labute approximate surface area is 182 Å². The van der Waals surface area contributed by atoms with E-state index in [2.05, 4.69) is 103 Å². The fourth-order valence-electron chi connectivity index (χ4n) is 4.06. The van der Waals surface area contributed by atoms with Gasteiger partial charge in [-0.15, -0.1) is 0 Å². The number of carbonyl (C=O) groups is 1. The van der Waals surface area contributed by atoms with Gasteiger partial charge in [-0.1, -0.05) is 0 Å². The molecule has 1 heterocycles. The number of carbonyl (C=O) groups excluding carboxylic acids is 1. The van der Waals surface area contributed by atoms with Crippen LogP contribution < -0.4 is 15.9 Å². The Hall–Kier alpha value is -2.74. The molecule has 0 saturated carbocycles. The Bertz CT molecular complexity index is 995. The number of methoxy groups -OCH3 is 1. The second-order valence-corrected chi connectivity index (χ2v) is 12.5. The molecule has 0 bridgehead atoms. The molecule has 0 spiro atoms. The number of benzene rings is 3. The van der Waals surface area contributed by atoms with E-state index in [1.54, 1.807) is 11.3 Å². The summed E-state index contributed by atoms with van der Waals surface area (Å²) in [4.78, 5) is 14.1. The predicted octanol–water partition coefficient (Wildman–Crippen LogP) is 4.69. The Morgan fingerprint density at radius 2 is 1.13 bits per heavy atom. The molecular weight excluding hydrogens is 407 g/mol. The SMILES string of the molecule is COC(=O)Cc1ccc(C[PH](c2ccccc2)(c2ccccc2)c2ccccc2)s1. The molecule has 4 heteroatoms. The third-order valence-corrected chi connectivity index (χ3v) is 11.7. The van der Waals surface area contributed by atoms with Crippen molar-refractivity contribution in [3.63, 3.8) is 0 Å². The zero-order valence-electron chi connectivity index (χ0n) is 17.0. The van der Waals surface area contributed by atoms with Crippen molar-refractivity contribution in [2.75, 3.05) is 7.11 Å². The topological polar surface area (TPSA) is 26.3 Å². The standard InChI is InChI=1S/C26H25O2PS/c1-28-26(27)19-24-17-18-25(30-24)20-29(21-11-5-2-6-12-21,22-13-7-3-8-14-22)23-15-9-4-10-16-23/h2-18,29H,19-20H2,1H3. The zero-order chi connectivity index (χ0) is 20.8. The summed E-state index contributed by atoms with van der Waals surface area (Å²) in [7, 11) is -0.866. The molecule has 2 nitrogen and oxygen atoms in total. The van der Waals surface area contributed by atoms with Gasteiger partial charge in [0.05, 0.1) is 0 Å². The summed E-state index contributed by atoms with van der Waals surface area (Å²) in [6.45, 7) is 0. The van der Waals surface area contributed by atoms with E-state index in [1.165, 1.54) is 27.9 Å². The first-order chi connectivity index (χ1) is 14.7. The van der Waals surface area contributed by atoms with Crippen molar-refractivity contribution in [2.45, 2.75) is 12.6 Å². The second-order valence-electron chi connectivity index (χ2n) is 7.30.